The van der Waals surface area contributed by atoms with Gasteiger partial charge in [-0.1, -0.05) is 24.3 Å². The molecule has 170 valence electrons. The van der Waals surface area contributed by atoms with E-state index in [2.05, 4.69) is 15.7 Å². The molecule has 1 saturated carbocycles. The van der Waals surface area contributed by atoms with Crippen LogP contribution in [0.25, 0.3) is 0 Å². The van der Waals surface area contributed by atoms with Gasteiger partial charge in [0.2, 0.25) is 15.9 Å². The van der Waals surface area contributed by atoms with Gasteiger partial charge in [0, 0.05) is 44.3 Å². The summed E-state index contributed by atoms with van der Waals surface area (Å²) in [4.78, 5) is 16.9. The summed E-state index contributed by atoms with van der Waals surface area (Å²) >= 11 is 0. The maximum atomic E-state index is 13.0. The number of benzene rings is 2. The Hall–Kier alpha value is -2.26. The van der Waals surface area contributed by atoms with Gasteiger partial charge >= 0.3 is 0 Å². The van der Waals surface area contributed by atoms with E-state index >= 15 is 0 Å². The Morgan fingerprint density at radius 2 is 1.78 bits per heavy atom. The van der Waals surface area contributed by atoms with E-state index in [-0.39, 0.29) is 23.3 Å². The molecule has 0 unspecified atom stereocenters. The van der Waals surface area contributed by atoms with Gasteiger partial charge in [0.15, 0.2) is 0 Å². The highest BCUT2D eigenvalue weighted by molar-refractivity contribution is 7.89. The Labute approximate surface area is 189 Å². The van der Waals surface area contributed by atoms with Gasteiger partial charge in [0.25, 0.3) is 0 Å². The summed E-state index contributed by atoms with van der Waals surface area (Å²) in [5.74, 6) is 0.331. The molecule has 2 aromatic rings. The van der Waals surface area contributed by atoms with Crippen LogP contribution in [0.5, 0.6) is 0 Å². The molecule has 0 radical (unpaired) electrons. The maximum absolute atomic E-state index is 13.0. The number of morpholine rings is 1. The predicted octanol–water partition coefficient (Wildman–Crippen LogP) is 2.30. The van der Waals surface area contributed by atoms with E-state index in [1.807, 2.05) is 23.1 Å². The van der Waals surface area contributed by atoms with Crippen LogP contribution in [-0.2, 0) is 39.1 Å². The lowest BCUT2D eigenvalue weighted by molar-refractivity contribution is -0.119. The molecule has 1 saturated heterocycles. The van der Waals surface area contributed by atoms with E-state index < -0.39 is 10.0 Å². The van der Waals surface area contributed by atoms with E-state index in [1.165, 1.54) is 0 Å². The molecule has 7 nitrogen and oxygen atoms in total. The number of hydrogen-bond donors (Lipinski definition) is 1. The lowest BCUT2D eigenvalue weighted by Crippen LogP contribution is -2.36. The lowest BCUT2D eigenvalue weighted by Gasteiger charge is -2.27. The molecule has 8 heteroatoms. The van der Waals surface area contributed by atoms with Crippen molar-refractivity contribution in [2.45, 2.75) is 37.2 Å². The molecule has 1 amide bonds. The molecule has 2 fully saturated rings. The van der Waals surface area contributed by atoms with E-state index in [0.29, 0.717) is 13.0 Å². The van der Waals surface area contributed by atoms with Gasteiger partial charge in [0.1, 0.15) is 0 Å². The van der Waals surface area contributed by atoms with Crippen molar-refractivity contribution in [1.82, 2.24) is 9.62 Å². The molecule has 0 atom stereocenters. The van der Waals surface area contributed by atoms with Crippen molar-refractivity contribution < 1.29 is 17.9 Å². The average Bonchev–Trinajstić information content (AvgIpc) is 3.57. The van der Waals surface area contributed by atoms with Crippen LogP contribution in [0.15, 0.2) is 47.4 Å². The smallest absolute Gasteiger partial charge is 0.240 e. The Morgan fingerprint density at radius 3 is 2.53 bits per heavy atom. The van der Waals surface area contributed by atoms with E-state index in [1.54, 1.807) is 18.2 Å². The van der Waals surface area contributed by atoms with Crippen LogP contribution in [0.2, 0.25) is 0 Å². The van der Waals surface area contributed by atoms with Gasteiger partial charge in [0.05, 0.1) is 18.1 Å². The van der Waals surface area contributed by atoms with Crippen LogP contribution < -0.4 is 9.62 Å². The summed E-state index contributed by atoms with van der Waals surface area (Å²) in [6.45, 7) is 4.90. The second-order valence-corrected chi connectivity index (χ2v) is 10.6. The van der Waals surface area contributed by atoms with Crippen molar-refractivity contribution in [3.8, 4) is 0 Å². The number of ether oxygens (including phenoxy) is 1. The van der Waals surface area contributed by atoms with Crippen LogP contribution in [0.1, 0.15) is 29.5 Å². The molecule has 5 rings (SSSR count). The minimum absolute atomic E-state index is 0.156. The quantitative estimate of drug-likeness (QED) is 0.693. The number of hydrogen-bond acceptors (Lipinski definition) is 5. The Morgan fingerprint density at radius 1 is 1.03 bits per heavy atom. The predicted molar refractivity (Wildman–Crippen MR) is 122 cm³/mol. The number of amides is 1. The first-order chi connectivity index (χ1) is 15.5. The summed E-state index contributed by atoms with van der Waals surface area (Å²) < 4.78 is 34.2. The molecule has 1 aliphatic carbocycles. The molecule has 0 bridgehead atoms. The van der Waals surface area contributed by atoms with Crippen molar-refractivity contribution in [2.75, 3.05) is 37.7 Å². The SMILES string of the molecule is O=C(C1CC1)N1CCc2cc(S(=O)(=O)NCc3ccccc3CN3CCOCC3)ccc21. The molecule has 0 aromatic heterocycles. The van der Waals surface area contributed by atoms with Gasteiger partial charge in [-0.05, 0) is 54.2 Å². The molecule has 2 aliphatic heterocycles. The number of carbonyl (C=O) groups excluding carboxylic acids is 1. The molecule has 2 aromatic carbocycles. The lowest BCUT2D eigenvalue weighted by atomic mass is 10.1. The molecule has 2 heterocycles. The molecule has 1 N–H and O–H groups in total. The van der Waals surface area contributed by atoms with E-state index in [0.717, 1.165) is 68.1 Å². The van der Waals surface area contributed by atoms with Gasteiger partial charge in [-0.3, -0.25) is 9.69 Å². The van der Waals surface area contributed by atoms with Crippen LogP contribution in [-0.4, -0.2) is 52.1 Å². The van der Waals surface area contributed by atoms with Gasteiger partial charge in [-0.15, -0.1) is 0 Å². The first-order valence-electron chi connectivity index (χ1n) is 11.3. The average molecular weight is 456 g/mol. The minimum Gasteiger partial charge on any atom is -0.379 e. The number of nitrogens with zero attached hydrogens (tertiary/aromatic N) is 2. The largest absolute Gasteiger partial charge is 0.379 e. The summed E-state index contributed by atoms with van der Waals surface area (Å²) in [6, 6.07) is 13.1. The monoisotopic (exact) mass is 455 g/mol. The summed E-state index contributed by atoms with van der Waals surface area (Å²) in [5.41, 5.74) is 3.89. The van der Waals surface area contributed by atoms with Crippen molar-refractivity contribution in [3.05, 3.63) is 59.2 Å². The van der Waals surface area contributed by atoms with Crippen molar-refractivity contribution in [3.63, 3.8) is 0 Å². The van der Waals surface area contributed by atoms with Crippen LogP contribution in [0, 0.1) is 5.92 Å². The molecule has 32 heavy (non-hydrogen) atoms. The van der Waals surface area contributed by atoms with E-state index in [9.17, 15) is 13.2 Å². The number of carbonyl (C=O) groups is 1. The van der Waals surface area contributed by atoms with Crippen molar-refractivity contribution in [1.29, 1.82) is 0 Å². The number of anilines is 1. The number of nitrogens with one attached hydrogen (secondary N) is 1. The van der Waals surface area contributed by atoms with Gasteiger partial charge in [-0.25, -0.2) is 13.1 Å². The minimum atomic E-state index is -3.66. The van der Waals surface area contributed by atoms with Crippen molar-refractivity contribution in [2.24, 2.45) is 5.92 Å². The molecule has 3 aliphatic rings. The third kappa shape index (κ3) is 4.59. The van der Waals surface area contributed by atoms with Crippen molar-refractivity contribution >= 4 is 21.6 Å². The highest BCUT2D eigenvalue weighted by Crippen LogP contribution is 2.37. The fourth-order valence-corrected chi connectivity index (χ4v) is 5.52. The second-order valence-electron chi connectivity index (χ2n) is 8.79. The Kier molecular flexibility index (Phi) is 6.03. The Balaban J connectivity index is 1.28. The fraction of sp³-hybridized carbons (Fsp3) is 0.458. The summed E-state index contributed by atoms with van der Waals surface area (Å²) in [5, 5.41) is 0. The highest BCUT2D eigenvalue weighted by atomic mass is 32.2. The second kappa shape index (κ2) is 8.94. The third-order valence-corrected chi connectivity index (χ3v) is 7.92. The zero-order valence-electron chi connectivity index (χ0n) is 18.1. The summed E-state index contributed by atoms with van der Waals surface area (Å²) in [7, 11) is -3.66. The number of sulfonamides is 1. The first-order valence-corrected chi connectivity index (χ1v) is 12.8. The van der Waals surface area contributed by atoms with Crippen LogP contribution in [0.4, 0.5) is 5.69 Å². The topological polar surface area (TPSA) is 79.0 Å². The maximum Gasteiger partial charge on any atom is 0.240 e. The highest BCUT2D eigenvalue weighted by Gasteiger charge is 2.36. The van der Waals surface area contributed by atoms with Crippen LogP contribution in [0.3, 0.4) is 0 Å². The summed E-state index contributed by atoms with van der Waals surface area (Å²) in [6.07, 6.45) is 2.63. The standard InChI is InChI=1S/C24H29N3O4S/c28-24(18-5-6-18)27-10-9-19-15-22(7-8-23(19)27)32(29,30)25-16-20-3-1-2-4-21(20)17-26-11-13-31-14-12-26/h1-4,7-8,15,18,25H,5-6,9-14,16-17H2. The van der Waals surface area contributed by atoms with E-state index in [4.69, 9.17) is 4.74 Å². The van der Waals surface area contributed by atoms with Gasteiger partial charge < -0.3 is 9.64 Å². The van der Waals surface area contributed by atoms with Gasteiger partial charge in [-0.2, -0.15) is 0 Å². The number of fused-ring (bicyclic) bond motifs is 1. The normalized spacial score (nSPS) is 19.2. The van der Waals surface area contributed by atoms with Crippen LogP contribution >= 0.6 is 0 Å². The molecular formula is C24H29N3O4S. The molecular weight excluding hydrogens is 426 g/mol. The third-order valence-electron chi connectivity index (χ3n) is 6.52. The Bertz CT molecular complexity index is 1110. The fourth-order valence-electron chi connectivity index (χ4n) is 4.47. The zero-order chi connectivity index (χ0) is 22.1. The zero-order valence-corrected chi connectivity index (χ0v) is 18.9. The molecule has 0 spiro atoms. The first kappa shape index (κ1) is 21.6. The number of rotatable bonds is 7.